The lowest BCUT2D eigenvalue weighted by molar-refractivity contribution is 0.459. The molecule has 0 amide bonds. The van der Waals surface area contributed by atoms with Crippen LogP contribution in [0.2, 0.25) is 10.0 Å². The van der Waals surface area contributed by atoms with Gasteiger partial charge in [-0.05, 0) is 47.9 Å². The zero-order valence-corrected chi connectivity index (χ0v) is 12.8. The number of phenolic OH excluding ortho intramolecular Hbond substituents is 1. The maximum atomic E-state index is 9.86. The number of benzene rings is 1. The number of nitrogens with one attached hydrogen (secondary N) is 1. The highest BCUT2D eigenvalue weighted by Crippen LogP contribution is 2.31. The highest BCUT2D eigenvalue weighted by molar-refractivity contribution is 7.07. The van der Waals surface area contributed by atoms with Crippen molar-refractivity contribution in [3.8, 4) is 5.75 Å². The summed E-state index contributed by atoms with van der Waals surface area (Å²) in [5.74, 6) is 0.0984. The van der Waals surface area contributed by atoms with Crippen LogP contribution in [0.25, 0.3) is 0 Å². The Morgan fingerprint density at radius 2 is 2.16 bits per heavy atom. The Kier molecular flexibility index (Phi) is 5.11. The highest BCUT2D eigenvalue weighted by atomic mass is 35.5. The van der Waals surface area contributed by atoms with Crippen molar-refractivity contribution >= 4 is 34.5 Å². The second-order valence-electron chi connectivity index (χ2n) is 4.51. The van der Waals surface area contributed by atoms with Crippen molar-refractivity contribution in [1.82, 2.24) is 5.32 Å². The standard InChI is InChI=1S/C14H15Cl2NOS/c1-9(4-10-2-3-19-8-10)17-7-11-5-12(15)6-13(16)14(11)18/h2-3,5-6,8-9,17-18H,4,7H2,1H3. The molecule has 1 aromatic heterocycles. The van der Waals surface area contributed by atoms with Crippen LogP contribution in [-0.2, 0) is 13.0 Å². The van der Waals surface area contributed by atoms with Crippen molar-refractivity contribution in [2.45, 2.75) is 25.9 Å². The molecule has 1 aromatic carbocycles. The molecule has 19 heavy (non-hydrogen) atoms. The van der Waals surface area contributed by atoms with Crippen LogP contribution in [0.4, 0.5) is 0 Å². The molecule has 1 atom stereocenters. The lowest BCUT2D eigenvalue weighted by Crippen LogP contribution is -2.27. The highest BCUT2D eigenvalue weighted by Gasteiger charge is 2.09. The number of phenols is 1. The van der Waals surface area contributed by atoms with Gasteiger partial charge >= 0.3 is 0 Å². The van der Waals surface area contributed by atoms with Crippen LogP contribution in [0.1, 0.15) is 18.1 Å². The molecule has 0 fully saturated rings. The Balaban J connectivity index is 1.95. The molecule has 0 radical (unpaired) electrons. The van der Waals surface area contributed by atoms with Gasteiger partial charge in [0.2, 0.25) is 0 Å². The Morgan fingerprint density at radius 3 is 2.84 bits per heavy atom. The molecule has 2 N–H and O–H groups in total. The maximum absolute atomic E-state index is 9.86. The molecule has 5 heteroatoms. The minimum Gasteiger partial charge on any atom is -0.506 e. The van der Waals surface area contributed by atoms with E-state index >= 15 is 0 Å². The molecule has 0 spiro atoms. The van der Waals surface area contributed by atoms with E-state index in [9.17, 15) is 5.11 Å². The average molecular weight is 316 g/mol. The van der Waals surface area contributed by atoms with Gasteiger partial charge in [-0.1, -0.05) is 23.2 Å². The number of rotatable bonds is 5. The van der Waals surface area contributed by atoms with Gasteiger partial charge < -0.3 is 10.4 Å². The van der Waals surface area contributed by atoms with E-state index in [0.717, 1.165) is 12.0 Å². The Hall–Kier alpha value is -0.740. The molecule has 2 aromatic rings. The van der Waals surface area contributed by atoms with Crippen molar-refractivity contribution in [3.05, 3.63) is 50.1 Å². The first-order chi connectivity index (χ1) is 9.06. The molecule has 2 rings (SSSR count). The van der Waals surface area contributed by atoms with Crippen molar-refractivity contribution in [2.24, 2.45) is 0 Å². The summed E-state index contributed by atoms with van der Waals surface area (Å²) in [6, 6.07) is 5.70. The number of hydrogen-bond acceptors (Lipinski definition) is 3. The van der Waals surface area contributed by atoms with E-state index in [4.69, 9.17) is 23.2 Å². The van der Waals surface area contributed by atoms with Gasteiger partial charge in [0.15, 0.2) is 0 Å². The fourth-order valence-corrected chi connectivity index (χ4v) is 3.09. The normalized spacial score (nSPS) is 12.6. The van der Waals surface area contributed by atoms with Crippen LogP contribution >= 0.6 is 34.5 Å². The summed E-state index contributed by atoms with van der Waals surface area (Å²) in [5.41, 5.74) is 2.04. The summed E-state index contributed by atoms with van der Waals surface area (Å²) in [6.45, 7) is 2.65. The van der Waals surface area contributed by atoms with Gasteiger partial charge in [0, 0.05) is 23.2 Å². The van der Waals surface area contributed by atoms with E-state index in [-0.39, 0.29) is 10.8 Å². The van der Waals surface area contributed by atoms with E-state index in [0.29, 0.717) is 17.6 Å². The summed E-state index contributed by atoms with van der Waals surface area (Å²) in [4.78, 5) is 0. The average Bonchev–Trinajstić information content (AvgIpc) is 2.84. The van der Waals surface area contributed by atoms with Crippen LogP contribution in [0.5, 0.6) is 5.75 Å². The summed E-state index contributed by atoms with van der Waals surface area (Å²) >= 11 is 13.5. The predicted octanol–water partition coefficient (Wildman–Crippen LogP) is 4.48. The van der Waals surface area contributed by atoms with Crippen LogP contribution in [0, 0.1) is 0 Å². The first kappa shape index (κ1) is 14.7. The van der Waals surface area contributed by atoms with Crippen molar-refractivity contribution in [2.75, 3.05) is 0 Å². The minimum absolute atomic E-state index is 0.0984. The molecular weight excluding hydrogens is 301 g/mol. The zero-order chi connectivity index (χ0) is 13.8. The zero-order valence-electron chi connectivity index (χ0n) is 10.5. The van der Waals surface area contributed by atoms with Crippen LogP contribution in [0.3, 0.4) is 0 Å². The van der Waals surface area contributed by atoms with Gasteiger partial charge in [-0.25, -0.2) is 0 Å². The molecule has 0 aliphatic rings. The van der Waals surface area contributed by atoms with Gasteiger partial charge in [-0.2, -0.15) is 11.3 Å². The van der Waals surface area contributed by atoms with E-state index in [1.54, 1.807) is 17.4 Å². The van der Waals surface area contributed by atoms with Crippen LogP contribution in [-0.4, -0.2) is 11.1 Å². The summed E-state index contributed by atoms with van der Waals surface area (Å²) < 4.78 is 0. The molecule has 0 saturated carbocycles. The number of halogens is 2. The van der Waals surface area contributed by atoms with E-state index in [2.05, 4.69) is 29.1 Å². The van der Waals surface area contributed by atoms with E-state index in [1.807, 2.05) is 0 Å². The predicted molar refractivity (Wildman–Crippen MR) is 82.5 cm³/mol. The lowest BCUT2D eigenvalue weighted by Gasteiger charge is -2.14. The topological polar surface area (TPSA) is 32.3 Å². The molecule has 1 heterocycles. The Bertz CT molecular complexity index is 543. The van der Waals surface area contributed by atoms with Crippen LogP contribution in [0.15, 0.2) is 29.0 Å². The first-order valence-corrected chi connectivity index (χ1v) is 7.67. The molecular formula is C14H15Cl2NOS. The second kappa shape index (κ2) is 6.62. The third kappa shape index (κ3) is 4.11. The fourth-order valence-electron chi connectivity index (χ4n) is 1.87. The monoisotopic (exact) mass is 315 g/mol. The third-order valence-corrected chi connectivity index (χ3v) is 4.11. The molecule has 1 unspecified atom stereocenters. The quantitative estimate of drug-likeness (QED) is 0.852. The van der Waals surface area contributed by atoms with E-state index < -0.39 is 0 Å². The molecule has 0 aliphatic carbocycles. The van der Waals surface area contributed by atoms with Gasteiger partial charge in [-0.15, -0.1) is 0 Å². The van der Waals surface area contributed by atoms with Crippen molar-refractivity contribution in [3.63, 3.8) is 0 Å². The molecule has 2 nitrogen and oxygen atoms in total. The van der Waals surface area contributed by atoms with Gasteiger partial charge in [-0.3, -0.25) is 0 Å². The minimum atomic E-state index is 0.0984. The molecule has 0 bridgehead atoms. The van der Waals surface area contributed by atoms with Gasteiger partial charge in [0.25, 0.3) is 0 Å². The number of thiophene rings is 1. The van der Waals surface area contributed by atoms with Crippen LogP contribution < -0.4 is 5.32 Å². The SMILES string of the molecule is CC(Cc1ccsc1)NCc1cc(Cl)cc(Cl)c1O. The molecule has 0 saturated heterocycles. The van der Waals surface area contributed by atoms with Crippen molar-refractivity contribution in [1.29, 1.82) is 0 Å². The Labute approximate surface area is 127 Å². The lowest BCUT2D eigenvalue weighted by atomic mass is 10.1. The maximum Gasteiger partial charge on any atom is 0.138 e. The summed E-state index contributed by atoms with van der Waals surface area (Å²) in [6.07, 6.45) is 0.957. The molecule has 0 aliphatic heterocycles. The van der Waals surface area contributed by atoms with Gasteiger partial charge in [0.1, 0.15) is 5.75 Å². The number of aromatic hydroxyl groups is 1. The first-order valence-electron chi connectivity index (χ1n) is 5.97. The smallest absolute Gasteiger partial charge is 0.138 e. The number of hydrogen-bond donors (Lipinski definition) is 2. The van der Waals surface area contributed by atoms with Gasteiger partial charge in [0.05, 0.1) is 5.02 Å². The largest absolute Gasteiger partial charge is 0.506 e. The summed E-state index contributed by atoms with van der Waals surface area (Å²) in [5, 5.41) is 18.3. The Morgan fingerprint density at radius 1 is 1.37 bits per heavy atom. The van der Waals surface area contributed by atoms with E-state index in [1.165, 1.54) is 11.6 Å². The second-order valence-corrected chi connectivity index (χ2v) is 6.14. The van der Waals surface area contributed by atoms with Crippen molar-refractivity contribution < 1.29 is 5.11 Å². The fraction of sp³-hybridized carbons (Fsp3) is 0.286. The third-order valence-electron chi connectivity index (χ3n) is 2.87. The summed E-state index contributed by atoms with van der Waals surface area (Å²) in [7, 11) is 0. The molecule has 102 valence electrons.